The zero-order valence-corrected chi connectivity index (χ0v) is 13.0. The van der Waals surface area contributed by atoms with Gasteiger partial charge in [-0.15, -0.1) is 10.2 Å². The van der Waals surface area contributed by atoms with Crippen LogP contribution in [0.4, 0.5) is 0 Å². The van der Waals surface area contributed by atoms with Gasteiger partial charge in [-0.25, -0.2) is 0 Å². The molecule has 0 N–H and O–H groups in total. The molecule has 0 bridgehead atoms. The molecule has 0 aliphatic carbocycles. The monoisotopic (exact) mass is 305 g/mol. The van der Waals surface area contributed by atoms with Crippen LogP contribution in [0.2, 0.25) is 0 Å². The summed E-state index contributed by atoms with van der Waals surface area (Å²) in [6.45, 7) is 3.89. The lowest BCUT2D eigenvalue weighted by atomic mass is 10.2. The molecule has 0 radical (unpaired) electrons. The van der Waals surface area contributed by atoms with Crippen molar-refractivity contribution in [1.29, 1.82) is 0 Å². The highest BCUT2D eigenvalue weighted by molar-refractivity contribution is 5.55. The molecule has 1 aliphatic rings. The number of aromatic nitrogens is 4. The van der Waals surface area contributed by atoms with E-state index in [9.17, 15) is 0 Å². The van der Waals surface area contributed by atoms with Gasteiger partial charge in [0.1, 0.15) is 5.82 Å². The fraction of sp³-hybridized carbons (Fsp3) is 0.278. The molecule has 5 nitrogen and oxygen atoms in total. The molecule has 0 spiro atoms. The van der Waals surface area contributed by atoms with Crippen LogP contribution in [0.3, 0.4) is 0 Å². The van der Waals surface area contributed by atoms with Crippen molar-refractivity contribution in [3.8, 4) is 11.4 Å². The maximum atomic E-state index is 4.40. The number of hydrogen-bond acceptors (Lipinski definition) is 4. The van der Waals surface area contributed by atoms with Crippen molar-refractivity contribution < 1.29 is 0 Å². The van der Waals surface area contributed by atoms with Crippen LogP contribution in [0.15, 0.2) is 54.9 Å². The number of pyridine rings is 1. The van der Waals surface area contributed by atoms with E-state index in [1.807, 2.05) is 30.6 Å². The van der Waals surface area contributed by atoms with Gasteiger partial charge in [-0.1, -0.05) is 30.3 Å². The van der Waals surface area contributed by atoms with Gasteiger partial charge in [-0.2, -0.15) is 0 Å². The summed E-state index contributed by atoms with van der Waals surface area (Å²) in [4.78, 5) is 6.51. The number of nitrogens with zero attached hydrogens (tertiary/aromatic N) is 5. The van der Waals surface area contributed by atoms with E-state index in [-0.39, 0.29) is 0 Å². The SMILES string of the molecule is c1ccc(-c2nnc3n2CCN(CCc2ccncc2)C3)cc1. The van der Waals surface area contributed by atoms with Crippen LogP contribution in [0.5, 0.6) is 0 Å². The third kappa shape index (κ3) is 3.00. The van der Waals surface area contributed by atoms with E-state index in [0.29, 0.717) is 0 Å². The summed E-state index contributed by atoms with van der Waals surface area (Å²) in [5.74, 6) is 2.04. The van der Waals surface area contributed by atoms with Crippen molar-refractivity contribution >= 4 is 0 Å². The van der Waals surface area contributed by atoms with Crippen molar-refractivity contribution in [2.45, 2.75) is 19.5 Å². The highest BCUT2D eigenvalue weighted by atomic mass is 15.3. The first-order valence-electron chi connectivity index (χ1n) is 7.99. The molecule has 0 fully saturated rings. The van der Waals surface area contributed by atoms with Gasteiger partial charge in [0, 0.05) is 37.6 Å². The van der Waals surface area contributed by atoms with E-state index in [1.54, 1.807) is 0 Å². The van der Waals surface area contributed by atoms with E-state index in [2.05, 4.69) is 48.9 Å². The summed E-state index contributed by atoms with van der Waals surface area (Å²) in [5, 5.41) is 8.80. The second-order valence-electron chi connectivity index (χ2n) is 5.84. The van der Waals surface area contributed by atoms with E-state index < -0.39 is 0 Å². The maximum Gasteiger partial charge on any atom is 0.164 e. The van der Waals surface area contributed by atoms with Gasteiger partial charge in [0.15, 0.2) is 5.82 Å². The lowest BCUT2D eigenvalue weighted by molar-refractivity contribution is 0.220. The van der Waals surface area contributed by atoms with Gasteiger partial charge in [0.05, 0.1) is 6.54 Å². The predicted octanol–water partition coefficient (Wildman–Crippen LogP) is 2.40. The molecule has 0 unspecified atom stereocenters. The summed E-state index contributed by atoms with van der Waals surface area (Å²) in [5.41, 5.74) is 2.47. The number of hydrogen-bond donors (Lipinski definition) is 0. The van der Waals surface area contributed by atoms with Crippen molar-refractivity contribution in [1.82, 2.24) is 24.6 Å². The van der Waals surface area contributed by atoms with Gasteiger partial charge < -0.3 is 4.57 Å². The maximum absolute atomic E-state index is 4.40. The molecule has 116 valence electrons. The smallest absolute Gasteiger partial charge is 0.164 e. The second-order valence-corrected chi connectivity index (χ2v) is 5.84. The number of fused-ring (bicyclic) bond motifs is 1. The van der Waals surface area contributed by atoms with Gasteiger partial charge in [-0.3, -0.25) is 9.88 Å². The Bertz CT molecular complexity index is 767. The molecule has 0 saturated carbocycles. The fourth-order valence-corrected chi connectivity index (χ4v) is 3.04. The zero-order chi connectivity index (χ0) is 15.5. The Kier molecular flexibility index (Phi) is 3.86. The van der Waals surface area contributed by atoms with Crippen LogP contribution in [0.1, 0.15) is 11.4 Å². The average Bonchev–Trinajstić information content (AvgIpc) is 3.05. The molecule has 3 aromatic rings. The summed E-state index contributed by atoms with van der Waals surface area (Å²) < 4.78 is 2.25. The van der Waals surface area contributed by atoms with E-state index in [0.717, 1.165) is 49.8 Å². The van der Waals surface area contributed by atoms with Crippen LogP contribution in [-0.4, -0.2) is 37.7 Å². The lowest BCUT2D eigenvalue weighted by Crippen LogP contribution is -2.35. The Balaban J connectivity index is 1.45. The molecular formula is C18H19N5. The molecular weight excluding hydrogens is 286 g/mol. The third-order valence-electron chi connectivity index (χ3n) is 4.33. The van der Waals surface area contributed by atoms with Gasteiger partial charge in [0.25, 0.3) is 0 Å². The molecule has 1 aromatic carbocycles. The zero-order valence-electron chi connectivity index (χ0n) is 13.0. The van der Waals surface area contributed by atoms with Crippen LogP contribution < -0.4 is 0 Å². The van der Waals surface area contributed by atoms with Crippen molar-refractivity contribution in [3.63, 3.8) is 0 Å². The molecule has 0 amide bonds. The Hall–Kier alpha value is -2.53. The highest BCUT2D eigenvalue weighted by Crippen LogP contribution is 2.21. The Morgan fingerprint density at radius 2 is 1.74 bits per heavy atom. The number of benzene rings is 1. The van der Waals surface area contributed by atoms with Crippen molar-refractivity contribution in [2.24, 2.45) is 0 Å². The van der Waals surface area contributed by atoms with E-state index >= 15 is 0 Å². The minimum atomic E-state index is 0.866. The van der Waals surface area contributed by atoms with E-state index in [1.165, 1.54) is 5.56 Å². The Morgan fingerprint density at radius 1 is 0.913 bits per heavy atom. The summed E-state index contributed by atoms with van der Waals surface area (Å²) in [6, 6.07) is 14.5. The van der Waals surface area contributed by atoms with Gasteiger partial charge in [0.2, 0.25) is 0 Å². The standard InChI is InChI=1S/C18H19N5/c1-2-4-16(5-3-1)18-21-20-17-14-22(12-13-23(17)18)11-8-15-6-9-19-10-7-15/h1-7,9-10H,8,11-14H2. The molecule has 2 aromatic heterocycles. The minimum Gasteiger partial charge on any atom is -0.309 e. The normalized spacial score (nSPS) is 14.6. The fourth-order valence-electron chi connectivity index (χ4n) is 3.04. The average molecular weight is 305 g/mol. The molecule has 3 heterocycles. The van der Waals surface area contributed by atoms with Crippen LogP contribution in [-0.2, 0) is 19.5 Å². The largest absolute Gasteiger partial charge is 0.309 e. The quantitative estimate of drug-likeness (QED) is 0.742. The Morgan fingerprint density at radius 3 is 2.57 bits per heavy atom. The minimum absolute atomic E-state index is 0.866. The topological polar surface area (TPSA) is 46.8 Å². The summed E-state index contributed by atoms with van der Waals surface area (Å²) in [7, 11) is 0. The molecule has 1 aliphatic heterocycles. The molecule has 5 heteroatoms. The lowest BCUT2D eigenvalue weighted by Gasteiger charge is -2.27. The first-order valence-corrected chi connectivity index (χ1v) is 7.99. The first kappa shape index (κ1) is 14.1. The second kappa shape index (κ2) is 6.30. The van der Waals surface area contributed by atoms with Crippen LogP contribution in [0, 0.1) is 0 Å². The predicted molar refractivity (Wildman–Crippen MR) is 88.7 cm³/mol. The van der Waals surface area contributed by atoms with Crippen molar-refractivity contribution in [3.05, 3.63) is 66.2 Å². The van der Waals surface area contributed by atoms with Gasteiger partial charge >= 0.3 is 0 Å². The van der Waals surface area contributed by atoms with Crippen LogP contribution >= 0.6 is 0 Å². The van der Waals surface area contributed by atoms with E-state index in [4.69, 9.17) is 0 Å². The van der Waals surface area contributed by atoms with Crippen molar-refractivity contribution in [2.75, 3.05) is 13.1 Å². The molecule has 23 heavy (non-hydrogen) atoms. The molecule has 0 atom stereocenters. The number of rotatable bonds is 4. The highest BCUT2D eigenvalue weighted by Gasteiger charge is 2.21. The summed E-state index contributed by atoms with van der Waals surface area (Å²) >= 11 is 0. The van der Waals surface area contributed by atoms with Gasteiger partial charge in [-0.05, 0) is 24.1 Å². The third-order valence-corrected chi connectivity index (χ3v) is 4.33. The Labute approximate surface area is 135 Å². The molecule has 4 rings (SSSR count). The molecule has 0 saturated heterocycles. The first-order chi connectivity index (χ1) is 11.4. The van der Waals surface area contributed by atoms with Crippen LogP contribution in [0.25, 0.3) is 11.4 Å². The summed E-state index contributed by atoms with van der Waals surface area (Å²) in [6.07, 6.45) is 4.75.